The Labute approximate surface area is 151 Å². The molecular formula is C18H19ClN2O4. The Hall–Kier alpha value is -2.73. The normalized spacial score (nSPS) is 10.1. The Balaban J connectivity index is 2.18. The third kappa shape index (κ3) is 4.42. The molecule has 0 heterocycles. The van der Waals surface area contributed by atoms with Crippen LogP contribution in [0.5, 0.6) is 11.5 Å². The second-order valence-corrected chi connectivity index (χ2v) is 5.82. The molecule has 6 nitrogen and oxygen atoms in total. The summed E-state index contributed by atoms with van der Waals surface area (Å²) >= 11 is 6.02. The highest BCUT2D eigenvalue weighted by Crippen LogP contribution is 2.35. The summed E-state index contributed by atoms with van der Waals surface area (Å²) in [4.78, 5) is 24.4. The number of amides is 2. The maximum absolute atomic E-state index is 12.2. The summed E-state index contributed by atoms with van der Waals surface area (Å²) in [6.45, 7) is 3.75. The smallest absolute Gasteiger partial charge is 0.314 e. The van der Waals surface area contributed by atoms with Crippen molar-refractivity contribution in [2.24, 2.45) is 0 Å². The number of hydrogen-bond donors (Lipinski definition) is 2. The lowest BCUT2D eigenvalue weighted by Gasteiger charge is -2.13. The summed E-state index contributed by atoms with van der Waals surface area (Å²) in [6.07, 6.45) is 0. The molecule has 0 atom stereocenters. The molecule has 0 spiro atoms. The lowest BCUT2D eigenvalue weighted by atomic mass is 10.1. The minimum atomic E-state index is -0.830. The predicted octanol–water partition coefficient (Wildman–Crippen LogP) is 3.55. The highest BCUT2D eigenvalue weighted by molar-refractivity contribution is 6.44. The summed E-state index contributed by atoms with van der Waals surface area (Å²) in [7, 11) is 2.89. The van der Waals surface area contributed by atoms with E-state index in [9.17, 15) is 9.59 Å². The molecule has 0 aliphatic rings. The molecule has 0 unspecified atom stereocenters. The predicted molar refractivity (Wildman–Crippen MR) is 97.7 cm³/mol. The van der Waals surface area contributed by atoms with E-state index in [0.717, 1.165) is 11.1 Å². The van der Waals surface area contributed by atoms with Crippen LogP contribution in [-0.2, 0) is 9.59 Å². The van der Waals surface area contributed by atoms with Crippen molar-refractivity contribution >= 4 is 34.8 Å². The summed E-state index contributed by atoms with van der Waals surface area (Å²) in [5, 5.41) is 5.43. The molecule has 2 N–H and O–H groups in total. The highest BCUT2D eigenvalue weighted by Gasteiger charge is 2.18. The molecule has 2 aromatic carbocycles. The average molecular weight is 363 g/mol. The lowest BCUT2D eigenvalue weighted by Crippen LogP contribution is -2.29. The van der Waals surface area contributed by atoms with Gasteiger partial charge in [-0.05, 0) is 31.0 Å². The number of hydrogen-bond acceptors (Lipinski definition) is 4. The number of halogens is 1. The Morgan fingerprint density at radius 1 is 0.880 bits per heavy atom. The standard InChI is InChI=1S/C18H19ClN2O4/c1-10-5-6-11(2)13(7-10)20-17(22)18(23)21-14-9-15(24-3)12(19)8-16(14)25-4/h5-9H,1-4H3,(H,20,22)(H,21,23). The van der Waals surface area contributed by atoms with Crippen molar-refractivity contribution in [2.45, 2.75) is 13.8 Å². The molecule has 2 amide bonds. The van der Waals surface area contributed by atoms with E-state index in [2.05, 4.69) is 10.6 Å². The van der Waals surface area contributed by atoms with E-state index in [-0.39, 0.29) is 5.69 Å². The van der Waals surface area contributed by atoms with Gasteiger partial charge >= 0.3 is 11.8 Å². The number of rotatable bonds is 4. The van der Waals surface area contributed by atoms with Crippen LogP contribution >= 0.6 is 11.6 Å². The van der Waals surface area contributed by atoms with Crippen LogP contribution < -0.4 is 20.1 Å². The number of ether oxygens (including phenoxy) is 2. The molecule has 0 aliphatic carbocycles. The Bertz CT molecular complexity index is 821. The third-order valence-electron chi connectivity index (χ3n) is 3.57. The fourth-order valence-corrected chi connectivity index (χ4v) is 2.42. The fraction of sp³-hybridized carbons (Fsp3) is 0.222. The van der Waals surface area contributed by atoms with Crippen molar-refractivity contribution in [1.29, 1.82) is 0 Å². The number of aryl methyl sites for hydroxylation is 2. The topological polar surface area (TPSA) is 76.7 Å². The van der Waals surface area contributed by atoms with E-state index >= 15 is 0 Å². The molecule has 0 saturated carbocycles. The zero-order chi connectivity index (χ0) is 18.6. The quantitative estimate of drug-likeness (QED) is 0.815. The zero-order valence-electron chi connectivity index (χ0n) is 14.4. The Morgan fingerprint density at radius 2 is 1.48 bits per heavy atom. The first kappa shape index (κ1) is 18.6. The van der Waals surface area contributed by atoms with Crippen molar-refractivity contribution in [3.05, 3.63) is 46.5 Å². The van der Waals surface area contributed by atoms with Crippen LogP contribution in [0.15, 0.2) is 30.3 Å². The van der Waals surface area contributed by atoms with Gasteiger partial charge in [-0.25, -0.2) is 0 Å². The van der Waals surface area contributed by atoms with Crippen LogP contribution in [0.4, 0.5) is 11.4 Å². The van der Waals surface area contributed by atoms with Crippen molar-refractivity contribution in [3.63, 3.8) is 0 Å². The van der Waals surface area contributed by atoms with Crippen LogP contribution in [0.2, 0.25) is 5.02 Å². The second kappa shape index (κ2) is 7.90. The third-order valence-corrected chi connectivity index (χ3v) is 3.86. The van der Waals surface area contributed by atoms with Crippen LogP contribution in [0.25, 0.3) is 0 Å². The molecule has 25 heavy (non-hydrogen) atoms. The Kier molecular flexibility index (Phi) is 5.88. The van der Waals surface area contributed by atoms with Crippen molar-refractivity contribution in [3.8, 4) is 11.5 Å². The number of carbonyl (C=O) groups is 2. The molecule has 2 aromatic rings. The van der Waals surface area contributed by atoms with E-state index < -0.39 is 11.8 Å². The zero-order valence-corrected chi connectivity index (χ0v) is 15.2. The molecule has 0 saturated heterocycles. The first-order chi connectivity index (χ1) is 11.8. The van der Waals surface area contributed by atoms with Crippen LogP contribution in [0.1, 0.15) is 11.1 Å². The SMILES string of the molecule is COc1cc(NC(=O)C(=O)Nc2cc(C)ccc2C)c(OC)cc1Cl. The summed E-state index contributed by atoms with van der Waals surface area (Å²) < 4.78 is 10.3. The molecule has 7 heteroatoms. The van der Waals surface area contributed by atoms with Gasteiger partial charge < -0.3 is 20.1 Å². The maximum atomic E-state index is 12.2. The van der Waals surface area contributed by atoms with E-state index in [1.807, 2.05) is 26.0 Å². The van der Waals surface area contributed by atoms with Gasteiger partial charge in [0.2, 0.25) is 0 Å². The number of benzene rings is 2. The minimum absolute atomic E-state index is 0.282. The summed E-state index contributed by atoms with van der Waals surface area (Å²) in [5.41, 5.74) is 2.70. The molecule has 2 rings (SSSR count). The van der Waals surface area contributed by atoms with E-state index in [4.69, 9.17) is 21.1 Å². The van der Waals surface area contributed by atoms with Gasteiger partial charge in [0, 0.05) is 17.8 Å². The molecule has 0 fully saturated rings. The van der Waals surface area contributed by atoms with Gasteiger partial charge in [-0.3, -0.25) is 9.59 Å². The molecular weight excluding hydrogens is 344 g/mol. The highest BCUT2D eigenvalue weighted by atomic mass is 35.5. The molecule has 0 bridgehead atoms. The minimum Gasteiger partial charge on any atom is -0.495 e. The van der Waals surface area contributed by atoms with Gasteiger partial charge in [-0.2, -0.15) is 0 Å². The van der Waals surface area contributed by atoms with Crippen LogP contribution in [-0.4, -0.2) is 26.0 Å². The van der Waals surface area contributed by atoms with E-state index in [0.29, 0.717) is 22.2 Å². The fourth-order valence-electron chi connectivity index (χ4n) is 2.19. The second-order valence-electron chi connectivity index (χ2n) is 5.41. The van der Waals surface area contributed by atoms with Crippen molar-refractivity contribution in [1.82, 2.24) is 0 Å². The van der Waals surface area contributed by atoms with E-state index in [1.165, 1.54) is 26.4 Å². The van der Waals surface area contributed by atoms with Gasteiger partial charge in [0.15, 0.2) is 0 Å². The molecule has 132 valence electrons. The number of anilines is 2. The van der Waals surface area contributed by atoms with Crippen molar-refractivity contribution in [2.75, 3.05) is 24.9 Å². The molecule has 0 radical (unpaired) electrons. The van der Waals surface area contributed by atoms with Gasteiger partial charge in [-0.15, -0.1) is 0 Å². The van der Waals surface area contributed by atoms with E-state index in [1.54, 1.807) is 6.07 Å². The maximum Gasteiger partial charge on any atom is 0.314 e. The van der Waals surface area contributed by atoms with Crippen LogP contribution in [0, 0.1) is 13.8 Å². The van der Waals surface area contributed by atoms with Crippen LogP contribution in [0.3, 0.4) is 0 Å². The van der Waals surface area contributed by atoms with Gasteiger partial charge in [0.1, 0.15) is 11.5 Å². The largest absolute Gasteiger partial charge is 0.495 e. The first-order valence-corrected chi connectivity index (χ1v) is 7.84. The van der Waals surface area contributed by atoms with Crippen molar-refractivity contribution < 1.29 is 19.1 Å². The average Bonchev–Trinajstić information content (AvgIpc) is 2.59. The monoisotopic (exact) mass is 362 g/mol. The van der Waals surface area contributed by atoms with Gasteiger partial charge in [0.25, 0.3) is 0 Å². The number of carbonyl (C=O) groups excluding carboxylic acids is 2. The molecule has 0 aliphatic heterocycles. The number of methoxy groups -OCH3 is 2. The summed E-state index contributed by atoms with van der Waals surface area (Å²) in [5.74, 6) is -0.945. The first-order valence-electron chi connectivity index (χ1n) is 7.46. The van der Waals surface area contributed by atoms with Gasteiger partial charge in [0.05, 0.1) is 24.9 Å². The van der Waals surface area contributed by atoms with Gasteiger partial charge in [-0.1, -0.05) is 23.7 Å². The molecule has 0 aromatic heterocycles. The summed E-state index contributed by atoms with van der Waals surface area (Å²) in [6, 6.07) is 8.58. The number of nitrogens with one attached hydrogen (secondary N) is 2. The lowest BCUT2D eigenvalue weighted by molar-refractivity contribution is -0.133. The Morgan fingerprint density at radius 3 is 2.08 bits per heavy atom.